The van der Waals surface area contributed by atoms with Gasteiger partial charge in [0.2, 0.25) is 0 Å². The number of ether oxygens (including phenoxy) is 1. The zero-order valence-corrected chi connectivity index (χ0v) is 18.6. The van der Waals surface area contributed by atoms with Crippen molar-refractivity contribution in [1.82, 2.24) is 19.2 Å². The molecule has 9 heteroatoms. The topological polar surface area (TPSA) is 76.5 Å². The lowest BCUT2D eigenvalue weighted by Crippen LogP contribution is -2.31. The fourth-order valence-electron chi connectivity index (χ4n) is 3.78. The predicted molar refractivity (Wildman–Crippen MR) is 113 cm³/mol. The first kappa shape index (κ1) is 22.9. The van der Waals surface area contributed by atoms with Crippen molar-refractivity contribution in [3.05, 3.63) is 48.2 Å². The molecule has 30 heavy (non-hydrogen) atoms. The first-order valence-corrected chi connectivity index (χ1v) is 11.8. The van der Waals surface area contributed by atoms with Crippen molar-refractivity contribution in [3.8, 4) is 0 Å². The van der Waals surface area contributed by atoms with E-state index < -0.39 is 10.0 Å². The van der Waals surface area contributed by atoms with E-state index in [1.54, 1.807) is 23.7 Å². The predicted octanol–water partition coefficient (Wildman–Crippen LogP) is 2.37. The number of nitrogens with one attached hydrogen (secondary N) is 1. The third kappa shape index (κ3) is 5.66. The monoisotopic (exact) mass is 438 g/mol. The average Bonchev–Trinajstić information content (AvgIpc) is 3.32. The smallest absolute Gasteiger partial charge is 0.262 e. The van der Waals surface area contributed by atoms with Gasteiger partial charge < -0.3 is 14.6 Å². The van der Waals surface area contributed by atoms with Crippen LogP contribution in [0, 0.1) is 11.7 Å². The van der Waals surface area contributed by atoms with Crippen LogP contribution in [0.5, 0.6) is 0 Å². The molecule has 0 spiro atoms. The molecular weight excluding hydrogens is 407 g/mol. The van der Waals surface area contributed by atoms with Crippen molar-refractivity contribution in [2.75, 3.05) is 32.8 Å². The van der Waals surface area contributed by atoms with Crippen LogP contribution < -0.4 is 5.32 Å². The summed E-state index contributed by atoms with van der Waals surface area (Å²) in [5.74, 6) is -0.224. The molecule has 1 aliphatic rings. The molecular formula is C21H31FN4O3S. The highest BCUT2D eigenvalue weighted by Crippen LogP contribution is 2.35. The Labute approximate surface area is 178 Å². The highest BCUT2D eigenvalue weighted by atomic mass is 32.2. The number of hydrogen-bond donors (Lipinski definition) is 1. The van der Waals surface area contributed by atoms with Gasteiger partial charge in [-0.15, -0.1) is 0 Å². The number of imidazole rings is 1. The van der Waals surface area contributed by atoms with E-state index >= 15 is 0 Å². The molecule has 2 aromatic rings. The second kappa shape index (κ2) is 10.00. The van der Waals surface area contributed by atoms with Crippen molar-refractivity contribution in [3.63, 3.8) is 0 Å². The Morgan fingerprint density at radius 1 is 1.27 bits per heavy atom. The van der Waals surface area contributed by atoms with Gasteiger partial charge in [-0.2, -0.15) is 4.31 Å². The third-order valence-corrected chi connectivity index (χ3v) is 7.06. The van der Waals surface area contributed by atoms with E-state index in [2.05, 4.69) is 10.3 Å². The van der Waals surface area contributed by atoms with Gasteiger partial charge in [-0.1, -0.05) is 12.1 Å². The van der Waals surface area contributed by atoms with E-state index in [-0.39, 0.29) is 28.8 Å². The molecule has 1 aromatic heterocycles. The summed E-state index contributed by atoms with van der Waals surface area (Å²) in [4.78, 5) is 4.03. The normalized spacial score (nSPS) is 20.3. The number of aryl methyl sites for hydroxylation is 1. The molecule has 2 heterocycles. The number of hydrogen-bond acceptors (Lipinski definition) is 5. The molecule has 1 aromatic carbocycles. The van der Waals surface area contributed by atoms with E-state index in [1.165, 1.54) is 29.0 Å². The summed E-state index contributed by atoms with van der Waals surface area (Å²) in [5, 5.41) is 3.49. The molecule has 166 valence electrons. The van der Waals surface area contributed by atoms with Gasteiger partial charge in [0, 0.05) is 38.9 Å². The molecule has 1 fully saturated rings. The summed E-state index contributed by atoms with van der Waals surface area (Å²) in [5.41, 5.74) is 0.949. The number of aromatic nitrogens is 2. The van der Waals surface area contributed by atoms with E-state index in [4.69, 9.17) is 4.74 Å². The van der Waals surface area contributed by atoms with Crippen LogP contribution in [0.25, 0.3) is 0 Å². The summed E-state index contributed by atoms with van der Waals surface area (Å²) in [6.07, 6.45) is 4.11. The first-order chi connectivity index (χ1) is 14.3. The minimum atomic E-state index is -3.67. The molecule has 1 saturated heterocycles. The van der Waals surface area contributed by atoms with Crippen LogP contribution in [-0.2, 0) is 21.8 Å². The van der Waals surface area contributed by atoms with Crippen LogP contribution in [0.4, 0.5) is 4.39 Å². The minimum absolute atomic E-state index is 0.0106. The number of rotatable bonds is 10. The van der Waals surface area contributed by atoms with Gasteiger partial charge in [-0.25, -0.2) is 17.8 Å². The van der Waals surface area contributed by atoms with Gasteiger partial charge in [0.1, 0.15) is 5.82 Å². The maximum atomic E-state index is 13.4. The van der Waals surface area contributed by atoms with Gasteiger partial charge in [-0.05, 0) is 57.0 Å². The summed E-state index contributed by atoms with van der Waals surface area (Å²) in [6.45, 7) is 6.94. The van der Waals surface area contributed by atoms with Crippen molar-refractivity contribution in [2.24, 2.45) is 13.0 Å². The van der Waals surface area contributed by atoms with Crippen LogP contribution >= 0.6 is 0 Å². The molecule has 1 aliphatic heterocycles. The Morgan fingerprint density at radius 2 is 2.00 bits per heavy atom. The van der Waals surface area contributed by atoms with E-state index in [0.717, 1.165) is 18.5 Å². The van der Waals surface area contributed by atoms with Crippen molar-refractivity contribution >= 4 is 10.0 Å². The van der Waals surface area contributed by atoms with Gasteiger partial charge in [0.25, 0.3) is 10.0 Å². The Balaban J connectivity index is 1.69. The standard InChI is InChI=1S/C21H31FN4O3S/c1-16(2)29-10-4-9-23-11-18-12-26(30(27,28)21-14-25(3)15-24-21)13-20(18)17-5-7-19(22)8-6-17/h5-8,14-16,18,20,23H,4,9-13H2,1-3H3. The van der Waals surface area contributed by atoms with E-state index in [0.29, 0.717) is 26.2 Å². The summed E-state index contributed by atoms with van der Waals surface area (Å²) >= 11 is 0. The van der Waals surface area contributed by atoms with Crippen LogP contribution in [0.3, 0.4) is 0 Å². The molecule has 7 nitrogen and oxygen atoms in total. The Morgan fingerprint density at radius 3 is 2.63 bits per heavy atom. The Bertz CT molecular complexity index is 915. The highest BCUT2D eigenvalue weighted by molar-refractivity contribution is 7.89. The van der Waals surface area contributed by atoms with E-state index in [9.17, 15) is 12.8 Å². The lowest BCUT2D eigenvalue weighted by molar-refractivity contribution is 0.0769. The lowest BCUT2D eigenvalue weighted by atomic mass is 9.89. The molecule has 2 atom stereocenters. The zero-order chi connectivity index (χ0) is 21.7. The number of nitrogens with zero attached hydrogens (tertiary/aromatic N) is 3. The molecule has 0 bridgehead atoms. The highest BCUT2D eigenvalue weighted by Gasteiger charge is 2.40. The van der Waals surface area contributed by atoms with Crippen molar-refractivity contribution in [2.45, 2.75) is 37.3 Å². The zero-order valence-electron chi connectivity index (χ0n) is 17.8. The molecule has 1 N–H and O–H groups in total. The summed E-state index contributed by atoms with van der Waals surface area (Å²) in [6, 6.07) is 6.36. The minimum Gasteiger partial charge on any atom is -0.379 e. The third-order valence-electron chi connectivity index (χ3n) is 5.35. The SMILES string of the molecule is CC(C)OCCCNCC1CN(S(=O)(=O)c2cn(C)cn2)CC1c1ccc(F)cc1. The number of halogens is 1. The number of benzene rings is 1. The van der Waals surface area contributed by atoms with Gasteiger partial charge in [0.05, 0.1) is 12.4 Å². The largest absolute Gasteiger partial charge is 0.379 e. The molecule has 0 saturated carbocycles. The quantitative estimate of drug-likeness (QED) is 0.577. The molecule has 0 amide bonds. The second-order valence-electron chi connectivity index (χ2n) is 8.09. The Kier molecular flexibility index (Phi) is 7.62. The van der Waals surface area contributed by atoms with Crippen LogP contribution in [0.2, 0.25) is 0 Å². The second-order valence-corrected chi connectivity index (χ2v) is 9.98. The number of sulfonamides is 1. The van der Waals surface area contributed by atoms with Crippen LogP contribution in [0.15, 0.2) is 41.8 Å². The van der Waals surface area contributed by atoms with Crippen molar-refractivity contribution in [1.29, 1.82) is 0 Å². The first-order valence-electron chi connectivity index (χ1n) is 10.3. The van der Waals surface area contributed by atoms with E-state index in [1.807, 2.05) is 13.8 Å². The van der Waals surface area contributed by atoms with Crippen LogP contribution in [0.1, 0.15) is 31.7 Å². The van der Waals surface area contributed by atoms with Gasteiger partial charge in [-0.3, -0.25) is 0 Å². The van der Waals surface area contributed by atoms with Gasteiger partial charge >= 0.3 is 0 Å². The molecule has 0 radical (unpaired) electrons. The molecule has 3 rings (SSSR count). The lowest BCUT2D eigenvalue weighted by Gasteiger charge is -2.19. The average molecular weight is 439 g/mol. The molecule has 0 aliphatic carbocycles. The summed E-state index contributed by atoms with van der Waals surface area (Å²) < 4.78 is 48.2. The van der Waals surface area contributed by atoms with Gasteiger partial charge in [0.15, 0.2) is 5.03 Å². The summed E-state index contributed by atoms with van der Waals surface area (Å²) in [7, 11) is -1.93. The maximum absolute atomic E-state index is 13.4. The molecule has 2 unspecified atom stereocenters. The Hall–Kier alpha value is -1.81. The van der Waals surface area contributed by atoms with Crippen LogP contribution in [-0.4, -0.2) is 61.2 Å². The maximum Gasteiger partial charge on any atom is 0.262 e. The fraction of sp³-hybridized carbons (Fsp3) is 0.571. The van der Waals surface area contributed by atoms with Crippen molar-refractivity contribution < 1.29 is 17.5 Å². The fourth-order valence-corrected chi connectivity index (χ4v) is 5.27.